The van der Waals surface area contributed by atoms with Crippen molar-refractivity contribution in [3.63, 3.8) is 0 Å². The average molecular weight is 301 g/mol. The Morgan fingerprint density at radius 3 is 2.32 bits per heavy atom. The Morgan fingerprint density at radius 1 is 1.11 bits per heavy atom. The number of carboxylic acids is 2. The molecule has 0 atom stereocenters. The van der Waals surface area contributed by atoms with Crippen molar-refractivity contribution in [3.8, 4) is 0 Å². The normalized spacial score (nSPS) is 9.68. The van der Waals surface area contributed by atoms with Crippen molar-refractivity contribution in [3.05, 3.63) is 41.5 Å². The molecule has 0 unspecified atom stereocenters. The molecular formula is C12H8KNO4S. The van der Waals surface area contributed by atoms with Gasteiger partial charge in [0.1, 0.15) is 0 Å². The van der Waals surface area contributed by atoms with Gasteiger partial charge in [-0.05, 0) is 23.6 Å². The van der Waals surface area contributed by atoms with E-state index in [2.05, 4.69) is 16.8 Å². The predicted molar refractivity (Wildman–Crippen MR) is 68.4 cm³/mol. The SMILES string of the molecule is O=C(O)c1ccc2c(N=S)c(C(=O)O)ccc2c1.[H-].[K+]. The van der Waals surface area contributed by atoms with Gasteiger partial charge in [-0.15, -0.1) is 0 Å². The van der Waals surface area contributed by atoms with E-state index in [1.807, 2.05) is 0 Å². The summed E-state index contributed by atoms with van der Waals surface area (Å²) in [6, 6.07) is 7.25. The third-order valence-electron chi connectivity index (χ3n) is 2.56. The van der Waals surface area contributed by atoms with E-state index in [0.717, 1.165) is 0 Å². The van der Waals surface area contributed by atoms with Gasteiger partial charge in [-0.2, -0.15) is 4.36 Å². The van der Waals surface area contributed by atoms with E-state index in [0.29, 0.717) is 10.8 Å². The second-order valence-electron chi connectivity index (χ2n) is 3.60. The van der Waals surface area contributed by atoms with E-state index in [1.165, 1.54) is 30.3 Å². The van der Waals surface area contributed by atoms with Gasteiger partial charge in [0.15, 0.2) is 0 Å². The second kappa shape index (κ2) is 6.64. The second-order valence-corrected chi connectivity index (χ2v) is 3.78. The van der Waals surface area contributed by atoms with Crippen molar-refractivity contribution in [2.24, 2.45) is 4.36 Å². The van der Waals surface area contributed by atoms with Gasteiger partial charge < -0.3 is 11.6 Å². The van der Waals surface area contributed by atoms with Gasteiger partial charge in [0.2, 0.25) is 0 Å². The van der Waals surface area contributed by atoms with Crippen LogP contribution in [0.1, 0.15) is 22.1 Å². The molecule has 0 saturated carbocycles. The molecule has 0 fully saturated rings. The Hall–Kier alpha value is -0.704. The van der Waals surface area contributed by atoms with Crippen LogP contribution in [0.3, 0.4) is 0 Å². The van der Waals surface area contributed by atoms with Crippen molar-refractivity contribution >= 4 is 40.8 Å². The van der Waals surface area contributed by atoms with Crippen LogP contribution in [0, 0.1) is 0 Å². The summed E-state index contributed by atoms with van der Waals surface area (Å²) in [6.07, 6.45) is 0. The maximum absolute atomic E-state index is 11.0. The molecule has 2 N–H and O–H groups in total. The van der Waals surface area contributed by atoms with Crippen LogP contribution in [0.5, 0.6) is 0 Å². The minimum atomic E-state index is -1.12. The summed E-state index contributed by atoms with van der Waals surface area (Å²) in [5.41, 5.74) is 0.299. The van der Waals surface area contributed by atoms with Crippen LogP contribution in [0.4, 0.5) is 5.69 Å². The number of hydrogen-bond acceptors (Lipinski definition) is 4. The zero-order chi connectivity index (χ0) is 13.3. The maximum Gasteiger partial charge on any atom is 1.00 e. The zero-order valence-corrected chi connectivity index (χ0v) is 13.9. The molecule has 5 nitrogen and oxygen atoms in total. The van der Waals surface area contributed by atoms with Crippen LogP contribution < -0.4 is 51.4 Å². The van der Waals surface area contributed by atoms with Gasteiger partial charge in [-0.1, -0.05) is 12.1 Å². The molecule has 2 rings (SSSR count). The van der Waals surface area contributed by atoms with Crippen molar-refractivity contribution in [1.82, 2.24) is 0 Å². The summed E-state index contributed by atoms with van der Waals surface area (Å²) < 4.78 is 3.55. The van der Waals surface area contributed by atoms with Crippen LogP contribution in [-0.2, 0) is 12.4 Å². The number of carboxylic acid groups (broad SMARTS) is 2. The van der Waals surface area contributed by atoms with Crippen LogP contribution in [0.15, 0.2) is 34.7 Å². The number of aromatic carboxylic acids is 2. The Morgan fingerprint density at radius 2 is 1.79 bits per heavy atom. The fourth-order valence-corrected chi connectivity index (χ4v) is 1.91. The van der Waals surface area contributed by atoms with Crippen LogP contribution in [-0.4, -0.2) is 22.2 Å². The molecule has 0 saturated heterocycles. The minimum absolute atomic E-state index is 0. The monoisotopic (exact) mass is 301 g/mol. The zero-order valence-electron chi connectivity index (χ0n) is 11.0. The minimum Gasteiger partial charge on any atom is -1.00 e. The van der Waals surface area contributed by atoms with Crippen LogP contribution >= 0.6 is 0 Å². The molecule has 0 aliphatic carbocycles. The molecule has 0 spiro atoms. The maximum atomic E-state index is 11.0. The number of nitrogens with zero attached hydrogens (tertiary/aromatic N) is 1. The van der Waals surface area contributed by atoms with Gasteiger partial charge in [-0.25, -0.2) is 9.59 Å². The Kier molecular flexibility index (Phi) is 5.72. The molecule has 2 aromatic rings. The van der Waals surface area contributed by atoms with Crippen molar-refractivity contribution in [1.29, 1.82) is 0 Å². The standard InChI is InChI=1S/C12H7NO4S.K.H/c14-11(15)7-2-3-8-6(5-7)1-4-9(12(16)17)10(8)13-18;;/h1-5H,(H,14,15)(H,16,17);;/q;+1;-1. The van der Waals surface area contributed by atoms with E-state index >= 15 is 0 Å². The summed E-state index contributed by atoms with van der Waals surface area (Å²) >= 11 is 4.58. The average Bonchev–Trinajstić information content (AvgIpc) is 2.36. The molecular weight excluding hydrogens is 293 g/mol. The first-order chi connectivity index (χ1) is 8.54. The Bertz CT molecular complexity index is 692. The fourth-order valence-electron chi connectivity index (χ4n) is 1.72. The first-order valence-corrected chi connectivity index (χ1v) is 5.28. The fraction of sp³-hybridized carbons (Fsp3) is 0. The van der Waals surface area contributed by atoms with E-state index < -0.39 is 11.9 Å². The molecule has 0 heterocycles. The largest absolute Gasteiger partial charge is 1.00 e. The number of carbonyl (C=O) groups is 2. The molecule has 7 heteroatoms. The topological polar surface area (TPSA) is 87.0 Å². The molecule has 2 aromatic carbocycles. The van der Waals surface area contributed by atoms with E-state index in [4.69, 9.17) is 10.2 Å². The molecule has 0 radical (unpaired) electrons. The summed E-state index contributed by atoms with van der Waals surface area (Å²) in [5.74, 6) is -2.17. The van der Waals surface area contributed by atoms with Crippen molar-refractivity contribution in [2.45, 2.75) is 0 Å². The third kappa shape index (κ3) is 3.25. The van der Waals surface area contributed by atoms with Crippen LogP contribution in [0.25, 0.3) is 10.8 Å². The number of fused-ring (bicyclic) bond motifs is 1. The predicted octanol–water partition coefficient (Wildman–Crippen LogP) is -0.285. The smallest absolute Gasteiger partial charge is 1.00 e. The molecule has 0 aromatic heterocycles. The summed E-state index contributed by atoms with van der Waals surface area (Å²) in [4.78, 5) is 21.8. The van der Waals surface area contributed by atoms with E-state index in [9.17, 15) is 9.59 Å². The molecule has 0 aliphatic rings. The summed E-state index contributed by atoms with van der Waals surface area (Å²) in [7, 11) is 0. The number of hydrogen-bond donors (Lipinski definition) is 2. The van der Waals surface area contributed by atoms with Gasteiger partial charge in [0.25, 0.3) is 0 Å². The summed E-state index contributed by atoms with van der Waals surface area (Å²) in [5, 5.41) is 19.0. The van der Waals surface area contributed by atoms with E-state index in [1.54, 1.807) is 0 Å². The van der Waals surface area contributed by atoms with Gasteiger partial charge in [-0.3, -0.25) is 0 Å². The van der Waals surface area contributed by atoms with Gasteiger partial charge in [0, 0.05) is 17.8 Å². The molecule has 92 valence electrons. The molecule has 19 heavy (non-hydrogen) atoms. The molecule has 0 amide bonds. The van der Waals surface area contributed by atoms with Crippen LogP contribution in [0.2, 0.25) is 0 Å². The first kappa shape index (κ1) is 16.4. The number of rotatable bonds is 3. The Labute approximate surface area is 157 Å². The van der Waals surface area contributed by atoms with Crippen molar-refractivity contribution in [2.75, 3.05) is 0 Å². The quantitative estimate of drug-likeness (QED) is 0.761. The number of benzene rings is 2. The van der Waals surface area contributed by atoms with Gasteiger partial charge in [0.05, 0.1) is 16.8 Å². The van der Waals surface area contributed by atoms with Crippen molar-refractivity contribution < 1.29 is 72.6 Å². The Balaban J connectivity index is 0.00000180. The third-order valence-corrected chi connectivity index (χ3v) is 2.74. The molecule has 0 bridgehead atoms. The summed E-state index contributed by atoms with van der Waals surface area (Å²) in [6.45, 7) is 0. The van der Waals surface area contributed by atoms with E-state index in [-0.39, 0.29) is 69.6 Å². The van der Waals surface area contributed by atoms with Gasteiger partial charge >= 0.3 is 63.3 Å². The molecule has 0 aliphatic heterocycles. The first-order valence-electron chi connectivity index (χ1n) is 4.91.